The van der Waals surface area contributed by atoms with Crippen LogP contribution in [0.3, 0.4) is 0 Å². The molecule has 2 aromatic carbocycles. The molecule has 0 atom stereocenters. The van der Waals surface area contributed by atoms with Crippen LogP contribution in [-0.2, 0) is 4.79 Å². The summed E-state index contributed by atoms with van der Waals surface area (Å²) in [5.74, 6) is -0.0967. The first-order valence-electron chi connectivity index (χ1n) is 6.86. The molecule has 3 rings (SSSR count). The average Bonchev–Trinajstić information content (AvgIpc) is 2.92. The molecule has 0 bridgehead atoms. The van der Waals surface area contributed by atoms with Gasteiger partial charge in [-0.2, -0.15) is 0 Å². The smallest absolute Gasteiger partial charge is 0.235 e. The van der Waals surface area contributed by atoms with E-state index in [0.717, 1.165) is 22.5 Å². The number of aromatic nitrogens is 1. The van der Waals surface area contributed by atoms with E-state index in [4.69, 9.17) is 0 Å². The van der Waals surface area contributed by atoms with Crippen molar-refractivity contribution in [3.63, 3.8) is 0 Å². The zero-order chi connectivity index (χ0) is 14.7. The monoisotopic (exact) mass is 276 g/mol. The van der Waals surface area contributed by atoms with Crippen molar-refractivity contribution in [1.82, 2.24) is 4.68 Å². The fourth-order valence-corrected chi connectivity index (χ4v) is 2.38. The van der Waals surface area contributed by atoms with Gasteiger partial charge in [-0.05, 0) is 12.1 Å². The predicted octanol–water partition coefficient (Wildman–Crippen LogP) is 3.91. The van der Waals surface area contributed by atoms with Crippen molar-refractivity contribution in [1.29, 1.82) is 0 Å². The van der Waals surface area contributed by atoms with Crippen LogP contribution in [0, 0.1) is 0 Å². The summed E-state index contributed by atoms with van der Waals surface area (Å²) in [7, 11) is 0. The summed E-state index contributed by atoms with van der Waals surface area (Å²) in [6.07, 6.45) is 0. The minimum absolute atomic E-state index is 0.0967. The molecule has 0 aliphatic heterocycles. The van der Waals surface area contributed by atoms with Gasteiger partial charge in [-0.15, -0.1) is 0 Å². The zero-order valence-electron chi connectivity index (χ0n) is 11.8. The third-order valence-corrected chi connectivity index (χ3v) is 3.29. The summed E-state index contributed by atoms with van der Waals surface area (Å²) < 4.78 is 1.84. The number of hydrogen-bond donors (Lipinski definition) is 1. The van der Waals surface area contributed by atoms with Gasteiger partial charge < -0.3 is 0 Å². The van der Waals surface area contributed by atoms with Crippen LogP contribution in [0.2, 0.25) is 0 Å². The normalized spacial score (nSPS) is 10.3. The van der Waals surface area contributed by atoms with E-state index in [-0.39, 0.29) is 5.91 Å². The van der Waals surface area contributed by atoms with Gasteiger partial charge in [-0.3, -0.25) is 14.9 Å². The molecular formula is C18H16N2O. The number of hydrogen-bond acceptors (Lipinski definition) is 1. The van der Waals surface area contributed by atoms with Crippen molar-refractivity contribution in [2.45, 2.75) is 6.92 Å². The summed E-state index contributed by atoms with van der Waals surface area (Å²) in [5, 5.41) is 0. The maximum Gasteiger partial charge on any atom is 0.235 e. The molecule has 3 aromatic rings. The molecule has 104 valence electrons. The van der Waals surface area contributed by atoms with Gasteiger partial charge in [-0.25, -0.2) is 0 Å². The van der Waals surface area contributed by atoms with Gasteiger partial charge in [0.1, 0.15) is 0 Å². The number of rotatable bonds is 3. The number of nitrogens with one attached hydrogen (secondary N) is 1. The third kappa shape index (κ3) is 2.72. The highest BCUT2D eigenvalue weighted by Gasteiger charge is 2.12. The summed E-state index contributed by atoms with van der Waals surface area (Å²) in [5.41, 5.74) is 6.95. The van der Waals surface area contributed by atoms with E-state index >= 15 is 0 Å². The van der Waals surface area contributed by atoms with Crippen LogP contribution < -0.4 is 5.43 Å². The Hall–Kier alpha value is -2.81. The molecular weight excluding hydrogens is 260 g/mol. The van der Waals surface area contributed by atoms with E-state index in [9.17, 15) is 4.79 Å². The maximum atomic E-state index is 11.5. The molecule has 0 fully saturated rings. The molecule has 3 heteroatoms. The lowest BCUT2D eigenvalue weighted by Crippen LogP contribution is -2.21. The number of benzene rings is 2. The van der Waals surface area contributed by atoms with Crippen LogP contribution in [-0.4, -0.2) is 10.6 Å². The zero-order valence-corrected chi connectivity index (χ0v) is 11.8. The highest BCUT2D eigenvalue weighted by Crippen LogP contribution is 2.27. The standard InChI is InChI=1S/C18H16N2O/c1-14(21)19-20-17(15-8-4-2-5-9-15)12-13-18(20)16-10-6-3-7-11-16/h2-13H,1H3,(H,19,21). The fraction of sp³-hybridized carbons (Fsp3) is 0.0556. The Kier molecular flexibility index (Phi) is 3.56. The number of amides is 1. The highest BCUT2D eigenvalue weighted by molar-refractivity contribution is 5.84. The van der Waals surface area contributed by atoms with Crippen LogP contribution in [0.15, 0.2) is 72.8 Å². The first-order chi connectivity index (χ1) is 10.3. The average molecular weight is 276 g/mol. The lowest BCUT2D eigenvalue weighted by molar-refractivity contribution is -0.115. The SMILES string of the molecule is CC(=O)Nn1c(-c2ccccc2)ccc1-c1ccccc1. The van der Waals surface area contributed by atoms with Crippen molar-refractivity contribution in [3.8, 4) is 22.5 Å². The summed E-state index contributed by atoms with van der Waals surface area (Å²) in [4.78, 5) is 11.5. The number of nitrogens with zero attached hydrogens (tertiary/aromatic N) is 1. The van der Waals surface area contributed by atoms with Crippen molar-refractivity contribution >= 4 is 5.91 Å². The molecule has 21 heavy (non-hydrogen) atoms. The minimum atomic E-state index is -0.0967. The van der Waals surface area contributed by atoms with Crippen LogP contribution in [0.1, 0.15) is 6.92 Å². The van der Waals surface area contributed by atoms with Crippen molar-refractivity contribution in [2.75, 3.05) is 5.43 Å². The van der Waals surface area contributed by atoms with Crippen LogP contribution in [0.25, 0.3) is 22.5 Å². The second-order valence-electron chi connectivity index (χ2n) is 4.84. The van der Waals surface area contributed by atoms with Crippen LogP contribution >= 0.6 is 0 Å². The molecule has 0 radical (unpaired) electrons. The molecule has 1 heterocycles. The van der Waals surface area contributed by atoms with Gasteiger partial charge >= 0.3 is 0 Å². The summed E-state index contributed by atoms with van der Waals surface area (Å²) in [6, 6.07) is 24.1. The first-order valence-corrected chi connectivity index (χ1v) is 6.86. The Morgan fingerprint density at radius 1 is 0.762 bits per heavy atom. The lowest BCUT2D eigenvalue weighted by Gasteiger charge is -2.14. The largest absolute Gasteiger partial charge is 0.274 e. The molecule has 1 N–H and O–H groups in total. The van der Waals surface area contributed by atoms with Gasteiger partial charge in [0, 0.05) is 18.1 Å². The van der Waals surface area contributed by atoms with Crippen LogP contribution in [0.5, 0.6) is 0 Å². The van der Waals surface area contributed by atoms with E-state index in [0.29, 0.717) is 0 Å². The van der Waals surface area contributed by atoms with Crippen molar-refractivity contribution in [2.24, 2.45) is 0 Å². The Balaban J connectivity index is 2.14. The Bertz CT molecular complexity index is 688. The number of carbonyl (C=O) groups is 1. The van der Waals surface area contributed by atoms with Gasteiger partial charge in [0.15, 0.2) is 0 Å². The van der Waals surface area contributed by atoms with Gasteiger partial charge in [0.25, 0.3) is 0 Å². The Labute approximate surface area is 123 Å². The molecule has 0 unspecified atom stereocenters. The van der Waals surface area contributed by atoms with Crippen LogP contribution in [0.4, 0.5) is 0 Å². The topological polar surface area (TPSA) is 34.0 Å². The molecule has 1 aromatic heterocycles. The van der Waals surface area contributed by atoms with E-state index in [1.54, 1.807) is 0 Å². The second-order valence-corrected chi connectivity index (χ2v) is 4.84. The molecule has 0 aliphatic rings. The first kappa shape index (κ1) is 13.2. The van der Waals surface area contributed by atoms with Gasteiger partial charge in [0.05, 0.1) is 11.4 Å². The molecule has 0 aliphatic carbocycles. The highest BCUT2D eigenvalue weighted by atomic mass is 16.2. The van der Waals surface area contributed by atoms with E-state index in [1.807, 2.05) is 77.5 Å². The van der Waals surface area contributed by atoms with Gasteiger partial charge in [-0.1, -0.05) is 60.7 Å². The third-order valence-electron chi connectivity index (χ3n) is 3.29. The number of carbonyl (C=O) groups excluding carboxylic acids is 1. The summed E-state index contributed by atoms with van der Waals surface area (Å²) >= 11 is 0. The molecule has 0 saturated carbocycles. The van der Waals surface area contributed by atoms with Crippen molar-refractivity contribution in [3.05, 3.63) is 72.8 Å². The fourth-order valence-electron chi connectivity index (χ4n) is 2.38. The van der Waals surface area contributed by atoms with E-state index < -0.39 is 0 Å². The molecule has 0 spiro atoms. The van der Waals surface area contributed by atoms with Crippen molar-refractivity contribution < 1.29 is 4.79 Å². The lowest BCUT2D eigenvalue weighted by atomic mass is 10.2. The quantitative estimate of drug-likeness (QED) is 0.773. The van der Waals surface area contributed by atoms with Gasteiger partial charge in [0.2, 0.25) is 5.91 Å². The Morgan fingerprint density at radius 3 is 1.57 bits per heavy atom. The minimum Gasteiger partial charge on any atom is -0.274 e. The predicted molar refractivity (Wildman–Crippen MR) is 85.3 cm³/mol. The molecule has 3 nitrogen and oxygen atoms in total. The molecule has 0 saturated heterocycles. The van der Waals surface area contributed by atoms with E-state index in [1.165, 1.54) is 6.92 Å². The van der Waals surface area contributed by atoms with E-state index in [2.05, 4.69) is 5.43 Å². The molecule has 1 amide bonds. The maximum absolute atomic E-state index is 11.5. The summed E-state index contributed by atoms with van der Waals surface area (Å²) in [6.45, 7) is 1.52. The second kappa shape index (κ2) is 5.67. The Morgan fingerprint density at radius 2 is 1.19 bits per heavy atom.